The van der Waals surface area contributed by atoms with Gasteiger partial charge in [0.15, 0.2) is 0 Å². The smallest absolute Gasteiger partial charge is 0.0359 e. The van der Waals surface area contributed by atoms with Gasteiger partial charge in [-0.3, -0.25) is 0 Å². The molecule has 0 nitrogen and oxygen atoms in total. The third-order valence-electron chi connectivity index (χ3n) is 6.44. The molecule has 173 valence electrons. The number of halogens is 1. The second-order valence-corrected chi connectivity index (χ2v) is 13.7. The molecular weight excluding hydrogens is 423 g/mol. The van der Waals surface area contributed by atoms with Crippen LogP contribution in [0.25, 0.3) is 0 Å². The highest BCUT2D eigenvalue weighted by molar-refractivity contribution is 8.93. The molecule has 0 aliphatic carbocycles. The van der Waals surface area contributed by atoms with Crippen LogP contribution in [0.5, 0.6) is 0 Å². The van der Waals surface area contributed by atoms with Crippen LogP contribution in [0.4, 0.5) is 0 Å². The van der Waals surface area contributed by atoms with Crippen LogP contribution in [0, 0.1) is 0 Å². The molecule has 0 unspecified atom stereocenters. The maximum absolute atomic E-state index is 2.39. The molecule has 0 spiro atoms. The monoisotopic (exact) mass is 479 g/mol. The molecule has 0 fully saturated rings. The van der Waals surface area contributed by atoms with Gasteiger partial charge in [0.25, 0.3) is 0 Å². The Labute approximate surface area is 191 Å². The van der Waals surface area contributed by atoms with Gasteiger partial charge in [-0.15, -0.1) is 24.2 Å². The first kappa shape index (κ1) is 31.1. The van der Waals surface area contributed by atoms with E-state index >= 15 is 0 Å². The molecule has 0 rings (SSSR count). The van der Waals surface area contributed by atoms with E-state index < -0.39 is 7.26 Å². The van der Waals surface area contributed by atoms with Gasteiger partial charge in [-0.2, -0.15) is 0 Å². The summed E-state index contributed by atoms with van der Waals surface area (Å²) < 4.78 is 0. The molecule has 0 bridgehead atoms. The summed E-state index contributed by atoms with van der Waals surface area (Å²) in [5.74, 6) is 0. The van der Waals surface area contributed by atoms with Gasteiger partial charge in [0.2, 0.25) is 0 Å². The van der Waals surface area contributed by atoms with Crippen molar-refractivity contribution in [2.45, 2.75) is 143 Å². The number of unbranched alkanes of at least 4 members (excludes halogenated alkanes) is 14. The Hall–Kier alpha value is 0.910. The molecule has 0 heterocycles. The minimum atomic E-state index is -0.626. The summed E-state index contributed by atoms with van der Waals surface area (Å²) in [5.41, 5.74) is 0. The Morgan fingerprint density at radius 2 is 0.571 bits per heavy atom. The number of hydrogen-bond acceptors (Lipinski definition) is 0. The van der Waals surface area contributed by atoms with Crippen LogP contribution >= 0.6 is 24.2 Å². The zero-order chi connectivity index (χ0) is 20.1. The lowest BCUT2D eigenvalue weighted by Crippen LogP contribution is -2.13. The average molecular weight is 481 g/mol. The van der Waals surface area contributed by atoms with Crippen molar-refractivity contribution in [3.8, 4) is 0 Å². The molecule has 0 N–H and O–H groups in total. The number of rotatable bonds is 22. The van der Waals surface area contributed by atoms with Crippen LogP contribution in [-0.2, 0) is 0 Å². The molecule has 0 aromatic carbocycles. The molecule has 2 heteroatoms. The van der Waals surface area contributed by atoms with Crippen molar-refractivity contribution < 1.29 is 0 Å². The zero-order valence-corrected chi connectivity index (χ0v) is 23.0. The Morgan fingerprint density at radius 1 is 0.321 bits per heavy atom. The second kappa shape index (κ2) is 24.2. The van der Waals surface area contributed by atoms with E-state index in [1.165, 1.54) is 109 Å². The molecule has 0 aromatic heterocycles. The molecule has 0 aliphatic heterocycles. The lowest BCUT2D eigenvalue weighted by molar-refractivity contribution is 0.548. The minimum Gasteiger partial charge on any atom is -0.125 e. The Balaban J connectivity index is 0. The maximum atomic E-state index is 2.39. The van der Waals surface area contributed by atoms with E-state index in [9.17, 15) is 0 Å². The third kappa shape index (κ3) is 18.9. The Morgan fingerprint density at radius 3 is 0.893 bits per heavy atom. The van der Waals surface area contributed by atoms with Gasteiger partial charge < -0.3 is 0 Å². The van der Waals surface area contributed by atoms with Crippen LogP contribution in [0.1, 0.15) is 143 Å². The quantitative estimate of drug-likeness (QED) is 0.107. The van der Waals surface area contributed by atoms with Gasteiger partial charge in [-0.05, 0) is 50.3 Å². The van der Waals surface area contributed by atoms with Gasteiger partial charge >= 0.3 is 0 Å². The van der Waals surface area contributed by atoms with Crippen molar-refractivity contribution in [2.75, 3.05) is 24.6 Å². The summed E-state index contributed by atoms with van der Waals surface area (Å²) in [6.45, 7) is 9.47. The highest BCUT2D eigenvalue weighted by atomic mass is 79.9. The van der Waals surface area contributed by atoms with Crippen molar-refractivity contribution in [3.05, 3.63) is 0 Å². The van der Waals surface area contributed by atoms with E-state index in [4.69, 9.17) is 0 Å². The Bertz CT molecular complexity index is 258. The van der Waals surface area contributed by atoms with Crippen molar-refractivity contribution in [1.82, 2.24) is 0 Å². The van der Waals surface area contributed by atoms with E-state index in [1.54, 1.807) is 31.1 Å². The predicted molar refractivity (Wildman–Crippen MR) is 143 cm³/mol. The van der Waals surface area contributed by atoms with Crippen LogP contribution in [0.3, 0.4) is 0 Å². The first-order chi connectivity index (χ1) is 13.2. The lowest BCUT2D eigenvalue weighted by Gasteiger charge is -2.37. The fourth-order valence-corrected chi connectivity index (χ4v) is 9.64. The van der Waals surface area contributed by atoms with E-state index in [-0.39, 0.29) is 17.0 Å². The molecule has 0 amide bonds. The molecule has 0 saturated carbocycles. The molecule has 28 heavy (non-hydrogen) atoms. The first-order valence-electron chi connectivity index (χ1n) is 13.1. The third-order valence-corrected chi connectivity index (χ3v) is 11.5. The van der Waals surface area contributed by atoms with Gasteiger partial charge in [0.05, 0.1) is 0 Å². The van der Waals surface area contributed by atoms with Gasteiger partial charge in [0.1, 0.15) is 0 Å². The molecule has 0 atom stereocenters. The van der Waals surface area contributed by atoms with E-state index in [0.717, 1.165) is 0 Å². The molecule has 1 radical (unpaired) electrons. The van der Waals surface area contributed by atoms with Gasteiger partial charge in [0, 0.05) is 0 Å². The van der Waals surface area contributed by atoms with Crippen molar-refractivity contribution in [2.24, 2.45) is 0 Å². The fourth-order valence-electron chi connectivity index (χ4n) is 4.44. The molecule has 0 aliphatic rings. The summed E-state index contributed by atoms with van der Waals surface area (Å²) in [4.78, 5) is 0. The summed E-state index contributed by atoms with van der Waals surface area (Å²) in [5, 5.41) is 0. The zero-order valence-electron chi connectivity index (χ0n) is 20.4. The first-order valence-corrected chi connectivity index (χ1v) is 15.6. The standard InChI is InChI=1S/C26H56P.BrH/c1-5-9-13-14-15-16-17-18-19-20-21-22-26-27(23-10-6-2,24-11-7-3)25-12-8-4;/h5-26H2,1-4H3;1H. The Kier molecular flexibility index (Phi) is 26.9. The second-order valence-electron chi connectivity index (χ2n) is 9.19. The van der Waals surface area contributed by atoms with Crippen LogP contribution in [-0.4, -0.2) is 24.6 Å². The van der Waals surface area contributed by atoms with Crippen LogP contribution in [0.15, 0.2) is 0 Å². The van der Waals surface area contributed by atoms with Crippen molar-refractivity contribution >= 4 is 24.2 Å². The molecule has 0 aromatic rings. The summed E-state index contributed by atoms with van der Waals surface area (Å²) >= 11 is 0. The van der Waals surface area contributed by atoms with Gasteiger partial charge in [-0.25, -0.2) is 0 Å². The minimum absolute atomic E-state index is 0. The van der Waals surface area contributed by atoms with E-state index in [0.29, 0.717) is 0 Å². The summed E-state index contributed by atoms with van der Waals surface area (Å²) in [7, 11) is -0.626. The predicted octanol–water partition coefficient (Wildman–Crippen LogP) is 10.7. The number of hydrogen-bond donors (Lipinski definition) is 0. The normalized spacial score (nSPS) is 11.6. The van der Waals surface area contributed by atoms with Crippen LogP contribution < -0.4 is 0 Å². The lowest BCUT2D eigenvalue weighted by atomic mass is 10.1. The van der Waals surface area contributed by atoms with E-state index in [2.05, 4.69) is 27.7 Å². The SMILES string of the molecule is Br.CCCCCCCCCCCCCC[P](CCCC)(CCCC)CCCC. The van der Waals surface area contributed by atoms with Crippen molar-refractivity contribution in [1.29, 1.82) is 0 Å². The maximum Gasteiger partial charge on any atom is -0.0359 e. The largest absolute Gasteiger partial charge is 0.125 e. The van der Waals surface area contributed by atoms with Gasteiger partial charge in [-0.1, -0.05) is 118 Å². The molecular formula is C26H57BrP. The average Bonchev–Trinajstić information content (AvgIpc) is 2.69. The topological polar surface area (TPSA) is 0 Å². The van der Waals surface area contributed by atoms with Crippen LogP contribution in [0.2, 0.25) is 0 Å². The summed E-state index contributed by atoms with van der Waals surface area (Å²) in [6, 6.07) is 0. The highest BCUT2D eigenvalue weighted by Crippen LogP contribution is 2.61. The molecule has 0 saturated heterocycles. The van der Waals surface area contributed by atoms with E-state index in [1.807, 2.05) is 0 Å². The summed E-state index contributed by atoms with van der Waals surface area (Å²) in [6.07, 6.45) is 33.0. The highest BCUT2D eigenvalue weighted by Gasteiger charge is 2.24. The fraction of sp³-hybridized carbons (Fsp3) is 1.00. The van der Waals surface area contributed by atoms with Crippen molar-refractivity contribution in [3.63, 3.8) is 0 Å².